The fraction of sp³-hybridized carbons (Fsp3) is 0.500. The first kappa shape index (κ1) is 13.9. The van der Waals surface area contributed by atoms with Crippen LogP contribution in [-0.2, 0) is 13.1 Å². The van der Waals surface area contributed by atoms with Gasteiger partial charge in [-0.15, -0.1) is 11.3 Å². The third kappa shape index (κ3) is 3.13. The maximum absolute atomic E-state index is 4.37. The average Bonchev–Trinajstić information content (AvgIpc) is 2.71. The largest absolute Gasteiger partial charge is 0.297 e. The van der Waals surface area contributed by atoms with E-state index in [1.165, 1.54) is 21.0 Å². The van der Waals surface area contributed by atoms with E-state index in [9.17, 15) is 0 Å². The molecule has 0 saturated carbocycles. The maximum Gasteiger partial charge on any atom is 0.119 e. The average molecular weight is 448 g/mol. The summed E-state index contributed by atoms with van der Waals surface area (Å²) < 4.78 is 0. The standard InChI is InChI=1S/C10H14N2S.I2/c1-4-11-10-7(2)8-5-12(3)6-9(8)13-10;1-2/h4H,5-6H2,1-3H3;. The first-order chi connectivity index (χ1) is 7.22. The van der Waals surface area contributed by atoms with E-state index in [1.54, 1.807) is 0 Å². The molecule has 1 aromatic heterocycles. The topological polar surface area (TPSA) is 15.6 Å². The first-order valence-electron chi connectivity index (χ1n) is 4.65. The molecule has 0 bridgehead atoms. The smallest absolute Gasteiger partial charge is 0.119 e. The molecule has 2 heterocycles. The van der Waals surface area contributed by atoms with Crippen LogP contribution in [0.5, 0.6) is 0 Å². The predicted octanol–water partition coefficient (Wildman–Crippen LogP) is 4.50. The lowest BCUT2D eigenvalue weighted by Crippen LogP contribution is -2.08. The van der Waals surface area contributed by atoms with Crippen LogP contribution in [0.3, 0.4) is 0 Å². The molecule has 15 heavy (non-hydrogen) atoms. The molecule has 0 radical (unpaired) electrons. The van der Waals surface area contributed by atoms with Crippen LogP contribution in [0.2, 0.25) is 0 Å². The van der Waals surface area contributed by atoms with Crippen molar-refractivity contribution in [3.05, 3.63) is 16.0 Å². The van der Waals surface area contributed by atoms with E-state index in [1.807, 2.05) is 24.5 Å². The van der Waals surface area contributed by atoms with E-state index in [2.05, 4.69) is 61.1 Å². The maximum atomic E-state index is 4.37. The second-order valence-corrected chi connectivity index (χ2v) is 4.58. The van der Waals surface area contributed by atoms with Gasteiger partial charge >= 0.3 is 0 Å². The van der Waals surface area contributed by atoms with Crippen LogP contribution < -0.4 is 0 Å². The van der Waals surface area contributed by atoms with Crippen LogP contribution in [0.1, 0.15) is 22.9 Å². The molecule has 84 valence electrons. The first-order valence-corrected chi connectivity index (χ1v) is 11.7. The minimum absolute atomic E-state index is 1.09. The molecule has 1 aliphatic heterocycles. The number of hydrogen-bond donors (Lipinski definition) is 0. The minimum Gasteiger partial charge on any atom is -0.297 e. The number of nitrogens with zero attached hydrogens (tertiary/aromatic N) is 2. The zero-order valence-corrected chi connectivity index (χ0v) is 14.2. The number of halogens is 2. The van der Waals surface area contributed by atoms with E-state index in [0.29, 0.717) is 0 Å². The molecule has 0 aliphatic carbocycles. The normalized spacial score (nSPS) is 15.3. The van der Waals surface area contributed by atoms with Gasteiger partial charge in [-0.25, -0.2) is 0 Å². The van der Waals surface area contributed by atoms with Gasteiger partial charge in [0.2, 0.25) is 0 Å². The second-order valence-electron chi connectivity index (χ2n) is 3.49. The third-order valence-corrected chi connectivity index (χ3v) is 3.64. The highest BCUT2D eigenvalue weighted by atomic mass is 128. The molecule has 0 spiro atoms. The molecule has 0 saturated heterocycles. The van der Waals surface area contributed by atoms with Crippen molar-refractivity contribution >= 4 is 59.8 Å². The lowest BCUT2D eigenvalue weighted by molar-refractivity contribution is 0.354. The summed E-state index contributed by atoms with van der Waals surface area (Å²) in [6.45, 7) is 6.34. The van der Waals surface area contributed by atoms with Crippen molar-refractivity contribution < 1.29 is 0 Å². The van der Waals surface area contributed by atoms with Crippen LogP contribution >= 0.6 is 48.6 Å². The quantitative estimate of drug-likeness (QED) is 0.457. The van der Waals surface area contributed by atoms with Gasteiger partial charge in [0, 0.05) is 61.4 Å². The summed E-state index contributed by atoms with van der Waals surface area (Å²) >= 11 is 6.08. The summed E-state index contributed by atoms with van der Waals surface area (Å²) in [6.07, 6.45) is 1.87. The lowest BCUT2D eigenvalue weighted by atomic mass is 10.2. The minimum atomic E-state index is 1.09. The molecule has 0 atom stereocenters. The van der Waals surface area contributed by atoms with Gasteiger partial charge < -0.3 is 0 Å². The molecule has 0 aromatic carbocycles. The van der Waals surface area contributed by atoms with Crippen molar-refractivity contribution in [2.45, 2.75) is 26.9 Å². The summed E-state index contributed by atoms with van der Waals surface area (Å²) in [7, 11) is 2.16. The predicted molar refractivity (Wildman–Crippen MR) is 86.1 cm³/mol. The summed E-state index contributed by atoms with van der Waals surface area (Å²) in [6, 6.07) is 0. The van der Waals surface area contributed by atoms with Gasteiger partial charge in [0.1, 0.15) is 5.00 Å². The molecule has 0 unspecified atom stereocenters. The number of thiophene rings is 1. The van der Waals surface area contributed by atoms with Gasteiger partial charge in [-0.3, -0.25) is 9.89 Å². The Morgan fingerprint density at radius 1 is 1.40 bits per heavy atom. The lowest BCUT2D eigenvalue weighted by Gasteiger charge is -2.05. The van der Waals surface area contributed by atoms with E-state index < -0.39 is 0 Å². The highest BCUT2D eigenvalue weighted by molar-refractivity contribution is 15.0. The SMILES string of the molecule is CC=Nc1sc2c(c1C)CN(C)C2.II. The Labute approximate surface area is 118 Å². The molecule has 1 aliphatic rings. The Morgan fingerprint density at radius 2 is 2.07 bits per heavy atom. The van der Waals surface area contributed by atoms with Crippen LogP contribution in [0, 0.1) is 6.92 Å². The highest BCUT2D eigenvalue weighted by Gasteiger charge is 2.22. The third-order valence-electron chi connectivity index (χ3n) is 2.42. The Bertz CT molecular complexity index is 361. The van der Waals surface area contributed by atoms with Gasteiger partial charge in [0.15, 0.2) is 0 Å². The number of hydrogen-bond acceptors (Lipinski definition) is 3. The van der Waals surface area contributed by atoms with Gasteiger partial charge in [-0.1, -0.05) is 0 Å². The van der Waals surface area contributed by atoms with Gasteiger partial charge in [-0.2, -0.15) is 0 Å². The van der Waals surface area contributed by atoms with Crippen LogP contribution in [0.15, 0.2) is 4.99 Å². The highest BCUT2D eigenvalue weighted by Crippen LogP contribution is 2.39. The van der Waals surface area contributed by atoms with Gasteiger partial charge in [0.25, 0.3) is 0 Å². The summed E-state index contributed by atoms with van der Waals surface area (Å²) in [4.78, 5) is 8.21. The van der Waals surface area contributed by atoms with Crippen molar-refractivity contribution in [2.24, 2.45) is 4.99 Å². The van der Waals surface area contributed by atoms with E-state index >= 15 is 0 Å². The van der Waals surface area contributed by atoms with Crippen molar-refractivity contribution in [3.8, 4) is 0 Å². The number of fused-ring (bicyclic) bond motifs is 1. The van der Waals surface area contributed by atoms with Gasteiger partial charge in [-0.05, 0) is 32.0 Å². The molecule has 0 N–H and O–H groups in total. The summed E-state index contributed by atoms with van der Waals surface area (Å²) in [5, 5.41) is 1.20. The van der Waals surface area contributed by atoms with E-state index in [0.717, 1.165) is 13.1 Å². The molecular weight excluding hydrogens is 434 g/mol. The Balaban J connectivity index is 0.000000531. The number of aliphatic imine (C=N–C) groups is 1. The molecule has 0 fully saturated rings. The van der Waals surface area contributed by atoms with Crippen LogP contribution in [0.25, 0.3) is 0 Å². The van der Waals surface area contributed by atoms with Crippen molar-refractivity contribution in [1.29, 1.82) is 0 Å². The summed E-state index contributed by atoms with van der Waals surface area (Å²) in [5.41, 5.74) is 2.88. The van der Waals surface area contributed by atoms with E-state index in [-0.39, 0.29) is 0 Å². The van der Waals surface area contributed by atoms with Crippen LogP contribution in [-0.4, -0.2) is 18.2 Å². The van der Waals surface area contributed by atoms with E-state index in [4.69, 9.17) is 0 Å². The second kappa shape index (κ2) is 6.51. The fourth-order valence-corrected chi connectivity index (χ4v) is 3.03. The molecular formula is C10H14I2N2S. The summed E-state index contributed by atoms with van der Waals surface area (Å²) in [5.74, 6) is 0. The monoisotopic (exact) mass is 448 g/mol. The van der Waals surface area contributed by atoms with Gasteiger partial charge in [0.05, 0.1) is 0 Å². The Hall–Kier alpha value is 0.790. The zero-order chi connectivity index (χ0) is 11.4. The fourth-order valence-electron chi connectivity index (χ4n) is 1.74. The molecule has 1 aromatic rings. The van der Waals surface area contributed by atoms with Crippen LogP contribution in [0.4, 0.5) is 5.00 Å². The van der Waals surface area contributed by atoms with Crippen molar-refractivity contribution in [1.82, 2.24) is 4.90 Å². The van der Waals surface area contributed by atoms with Crippen molar-refractivity contribution in [2.75, 3.05) is 7.05 Å². The Kier molecular flexibility index (Phi) is 6.01. The van der Waals surface area contributed by atoms with Crippen molar-refractivity contribution in [3.63, 3.8) is 0 Å². The zero-order valence-electron chi connectivity index (χ0n) is 9.05. The molecule has 2 rings (SSSR count). The molecule has 5 heteroatoms. The Morgan fingerprint density at radius 3 is 2.60 bits per heavy atom. The molecule has 2 nitrogen and oxygen atoms in total. The molecule has 0 amide bonds. The number of rotatable bonds is 1.